The number of rotatable bonds is 7. The summed E-state index contributed by atoms with van der Waals surface area (Å²) in [5, 5.41) is 2.96. The molecule has 1 amide bonds. The number of benzene rings is 1. The maximum atomic E-state index is 11.8. The molecule has 1 N–H and O–H groups in total. The summed E-state index contributed by atoms with van der Waals surface area (Å²) in [7, 11) is 0. The molecule has 0 saturated carbocycles. The third kappa shape index (κ3) is 6.58. The van der Waals surface area contributed by atoms with Crippen LogP contribution in [0.2, 0.25) is 0 Å². The maximum absolute atomic E-state index is 11.8. The van der Waals surface area contributed by atoms with Crippen molar-refractivity contribution in [2.75, 3.05) is 31.1 Å². The molecule has 0 spiro atoms. The van der Waals surface area contributed by atoms with E-state index in [2.05, 4.69) is 34.5 Å². The van der Waals surface area contributed by atoms with E-state index in [0.717, 1.165) is 28.9 Å². The molecule has 1 aliphatic heterocycles. The first-order chi connectivity index (χ1) is 10.8. The fourth-order valence-electron chi connectivity index (χ4n) is 2.20. The van der Waals surface area contributed by atoms with Gasteiger partial charge < -0.3 is 10.2 Å². The quantitative estimate of drug-likeness (QED) is 0.601. The normalized spacial score (nSPS) is 14.1. The molecule has 6 heteroatoms. The zero-order chi connectivity index (χ0) is 15.6. The second kappa shape index (κ2) is 10.1. The molecular weight excluding hydrogens is 332 g/mol. The van der Waals surface area contributed by atoms with Crippen molar-refractivity contribution >= 4 is 46.0 Å². The van der Waals surface area contributed by atoms with Crippen LogP contribution < -0.4 is 5.32 Å². The summed E-state index contributed by atoms with van der Waals surface area (Å²) in [6, 6.07) is 10.4. The van der Waals surface area contributed by atoms with Crippen LogP contribution in [0.5, 0.6) is 0 Å². The van der Waals surface area contributed by atoms with E-state index < -0.39 is 0 Å². The Morgan fingerprint density at radius 3 is 2.68 bits per heavy atom. The molecule has 1 saturated heterocycles. The molecule has 1 aromatic carbocycles. The zero-order valence-electron chi connectivity index (χ0n) is 12.6. The van der Waals surface area contributed by atoms with Gasteiger partial charge in [0.05, 0.1) is 5.75 Å². The Morgan fingerprint density at radius 1 is 1.23 bits per heavy atom. The van der Waals surface area contributed by atoms with Gasteiger partial charge in [-0.1, -0.05) is 54.3 Å². The third-order valence-electron chi connectivity index (χ3n) is 3.37. The Hall–Kier alpha value is -0.720. The van der Waals surface area contributed by atoms with Crippen molar-refractivity contribution < 1.29 is 4.79 Å². The first-order valence-electron chi connectivity index (χ1n) is 7.56. The molecule has 0 aliphatic carbocycles. The summed E-state index contributed by atoms with van der Waals surface area (Å²) in [5.41, 5.74) is 1.32. The predicted octanol–water partition coefficient (Wildman–Crippen LogP) is 3.15. The first kappa shape index (κ1) is 17.6. The van der Waals surface area contributed by atoms with Gasteiger partial charge in [0.15, 0.2) is 0 Å². The number of carbonyl (C=O) groups is 1. The monoisotopic (exact) mass is 354 g/mol. The summed E-state index contributed by atoms with van der Waals surface area (Å²) in [6.07, 6.45) is 2.43. The van der Waals surface area contributed by atoms with Crippen molar-refractivity contribution in [1.82, 2.24) is 10.2 Å². The van der Waals surface area contributed by atoms with Crippen LogP contribution >= 0.6 is 35.7 Å². The van der Waals surface area contributed by atoms with Gasteiger partial charge in [0.2, 0.25) is 5.91 Å². The molecule has 0 aromatic heterocycles. The molecule has 0 atom stereocenters. The fourth-order valence-corrected chi connectivity index (χ4v) is 4.10. The number of carbonyl (C=O) groups excluding carboxylic acids is 1. The largest absolute Gasteiger partial charge is 0.358 e. The lowest BCUT2D eigenvalue weighted by Gasteiger charge is -2.17. The fraction of sp³-hybridized carbons (Fsp3) is 0.500. The van der Waals surface area contributed by atoms with Crippen LogP contribution in [0.4, 0.5) is 0 Å². The van der Waals surface area contributed by atoms with Crippen LogP contribution in [0, 0.1) is 0 Å². The lowest BCUT2D eigenvalue weighted by atomic mass is 10.2. The van der Waals surface area contributed by atoms with Gasteiger partial charge in [-0.3, -0.25) is 4.79 Å². The highest BCUT2D eigenvalue weighted by Crippen LogP contribution is 2.16. The molecule has 0 bridgehead atoms. The molecule has 1 aliphatic rings. The van der Waals surface area contributed by atoms with E-state index in [1.165, 1.54) is 30.2 Å². The van der Waals surface area contributed by atoms with E-state index >= 15 is 0 Å². The highest BCUT2D eigenvalue weighted by atomic mass is 32.2. The smallest absolute Gasteiger partial charge is 0.230 e. The molecule has 0 radical (unpaired) electrons. The Kier molecular flexibility index (Phi) is 8.12. The number of nitrogens with one attached hydrogen (secondary N) is 1. The highest BCUT2D eigenvalue weighted by molar-refractivity contribution is 8.23. The summed E-state index contributed by atoms with van der Waals surface area (Å²) in [5.74, 6) is 2.43. The number of likely N-dealkylation sites (tertiary alicyclic amines) is 1. The number of hydrogen-bond acceptors (Lipinski definition) is 4. The van der Waals surface area contributed by atoms with E-state index in [4.69, 9.17) is 12.2 Å². The van der Waals surface area contributed by atoms with Gasteiger partial charge in [-0.25, -0.2) is 0 Å². The van der Waals surface area contributed by atoms with E-state index in [9.17, 15) is 4.79 Å². The second-order valence-corrected chi connectivity index (χ2v) is 7.85. The molecule has 1 heterocycles. The SMILES string of the molecule is O=C(CSC(=S)N1CCCC1)NCCSCc1ccccc1. The predicted molar refractivity (Wildman–Crippen MR) is 101 cm³/mol. The van der Waals surface area contributed by atoms with Crippen molar-refractivity contribution in [3.8, 4) is 0 Å². The molecule has 0 unspecified atom stereocenters. The Balaban J connectivity index is 1.49. The van der Waals surface area contributed by atoms with Crippen LogP contribution in [0.15, 0.2) is 30.3 Å². The average molecular weight is 355 g/mol. The summed E-state index contributed by atoms with van der Waals surface area (Å²) < 4.78 is 0.867. The van der Waals surface area contributed by atoms with Gasteiger partial charge >= 0.3 is 0 Å². The van der Waals surface area contributed by atoms with Crippen LogP contribution in [-0.2, 0) is 10.5 Å². The van der Waals surface area contributed by atoms with Crippen molar-refractivity contribution in [1.29, 1.82) is 0 Å². The summed E-state index contributed by atoms with van der Waals surface area (Å²) >= 11 is 8.66. The Morgan fingerprint density at radius 2 is 1.95 bits per heavy atom. The Labute approximate surface area is 146 Å². The van der Waals surface area contributed by atoms with Crippen molar-refractivity contribution in [2.24, 2.45) is 0 Å². The number of thioether (sulfide) groups is 2. The molecular formula is C16H22N2OS3. The van der Waals surface area contributed by atoms with E-state index in [1.54, 1.807) is 0 Å². The van der Waals surface area contributed by atoms with Crippen LogP contribution in [-0.4, -0.2) is 46.3 Å². The third-order valence-corrected chi connectivity index (χ3v) is 5.92. The Bertz CT molecular complexity index is 476. The number of hydrogen-bond donors (Lipinski definition) is 1. The van der Waals surface area contributed by atoms with Crippen LogP contribution in [0.1, 0.15) is 18.4 Å². The van der Waals surface area contributed by atoms with E-state index in [0.29, 0.717) is 12.3 Å². The first-order valence-corrected chi connectivity index (χ1v) is 10.1. The second-order valence-electron chi connectivity index (χ2n) is 5.14. The van der Waals surface area contributed by atoms with Gasteiger partial charge in [0.1, 0.15) is 4.32 Å². The van der Waals surface area contributed by atoms with Gasteiger partial charge in [-0.05, 0) is 18.4 Å². The molecule has 2 rings (SSSR count). The average Bonchev–Trinajstić information content (AvgIpc) is 3.08. The van der Waals surface area contributed by atoms with Gasteiger partial charge in [-0.2, -0.15) is 11.8 Å². The van der Waals surface area contributed by atoms with Gasteiger partial charge in [0.25, 0.3) is 0 Å². The lowest BCUT2D eigenvalue weighted by Crippen LogP contribution is -2.30. The van der Waals surface area contributed by atoms with E-state index in [1.807, 2.05) is 17.8 Å². The van der Waals surface area contributed by atoms with Crippen LogP contribution in [0.3, 0.4) is 0 Å². The molecule has 1 fully saturated rings. The zero-order valence-corrected chi connectivity index (χ0v) is 15.1. The molecule has 1 aromatic rings. The minimum atomic E-state index is 0.0758. The topological polar surface area (TPSA) is 32.3 Å². The van der Waals surface area contributed by atoms with E-state index in [-0.39, 0.29) is 5.91 Å². The van der Waals surface area contributed by atoms with Crippen molar-refractivity contribution in [3.05, 3.63) is 35.9 Å². The molecule has 22 heavy (non-hydrogen) atoms. The molecule has 120 valence electrons. The van der Waals surface area contributed by atoms with Crippen LogP contribution in [0.25, 0.3) is 0 Å². The van der Waals surface area contributed by atoms with Crippen molar-refractivity contribution in [3.63, 3.8) is 0 Å². The van der Waals surface area contributed by atoms with Gasteiger partial charge in [0, 0.05) is 31.1 Å². The molecule has 3 nitrogen and oxygen atoms in total. The number of nitrogens with zero attached hydrogens (tertiary/aromatic N) is 1. The summed E-state index contributed by atoms with van der Waals surface area (Å²) in [6.45, 7) is 2.81. The van der Waals surface area contributed by atoms with Crippen molar-refractivity contribution in [2.45, 2.75) is 18.6 Å². The minimum absolute atomic E-state index is 0.0758. The standard InChI is InChI=1S/C16H22N2OS3/c19-15(13-22-16(20)18-9-4-5-10-18)17-8-11-21-12-14-6-2-1-3-7-14/h1-3,6-7H,4-5,8-13H2,(H,17,19). The minimum Gasteiger partial charge on any atom is -0.358 e. The number of thiocarbonyl (C=S) groups is 1. The number of amides is 1. The lowest BCUT2D eigenvalue weighted by molar-refractivity contribution is -0.118. The highest BCUT2D eigenvalue weighted by Gasteiger charge is 2.15. The maximum Gasteiger partial charge on any atom is 0.230 e. The summed E-state index contributed by atoms with van der Waals surface area (Å²) in [4.78, 5) is 14.0. The van der Waals surface area contributed by atoms with Gasteiger partial charge in [-0.15, -0.1) is 0 Å².